The molecule has 0 aliphatic heterocycles. The lowest BCUT2D eigenvalue weighted by Gasteiger charge is -2.20. The van der Waals surface area contributed by atoms with Gasteiger partial charge in [-0.2, -0.15) is 0 Å². The third-order valence-electron chi connectivity index (χ3n) is 6.88. The highest BCUT2D eigenvalue weighted by atomic mass is 31.2. The second-order valence-corrected chi connectivity index (χ2v) is 13.0. The van der Waals surface area contributed by atoms with E-state index >= 15 is 0 Å². The van der Waals surface area contributed by atoms with Crippen molar-refractivity contribution in [2.45, 2.75) is 156 Å². The van der Waals surface area contributed by atoms with Gasteiger partial charge < -0.3 is 19.4 Å². The van der Waals surface area contributed by atoms with Gasteiger partial charge in [-0.25, -0.2) is 4.57 Å². The molecule has 0 amide bonds. The molecule has 0 unspecified atom stereocenters. The molecule has 0 aliphatic rings. The Morgan fingerprint density at radius 2 is 1.15 bits per heavy atom. The summed E-state index contributed by atoms with van der Waals surface area (Å²) in [7, 11) is -4.64. The van der Waals surface area contributed by atoms with Crippen LogP contribution in [-0.2, 0) is 25.9 Å². The molecule has 0 radical (unpaired) electrons. The van der Waals surface area contributed by atoms with E-state index in [1.165, 1.54) is 113 Å². The van der Waals surface area contributed by atoms with Gasteiger partial charge in [-0.15, -0.1) is 0 Å². The number of aryl methyl sites for hydroxylation is 2. The van der Waals surface area contributed by atoms with E-state index in [4.69, 9.17) is 24.0 Å². The largest absolute Gasteiger partial charge is 0.466 e. The standard InChI is InChI=1S/C32H56O2.H3O4P/c1-6-7-8-9-10-11-12-13-14-15-16-17-18-19-20-21-24-34-31(33)23-22-29-25-28(2)26-30(27-29)32(3,4)5;1-5(2,3)4/h25-27H,6-24H2,1-5H3;(H3,1,2,3,4). The minimum atomic E-state index is -4.64. The highest BCUT2D eigenvalue weighted by molar-refractivity contribution is 7.45. The van der Waals surface area contributed by atoms with E-state index < -0.39 is 7.82 Å². The summed E-state index contributed by atoms with van der Waals surface area (Å²) in [4.78, 5) is 33.7. The van der Waals surface area contributed by atoms with Gasteiger partial charge in [0, 0.05) is 6.42 Å². The monoisotopic (exact) mass is 570 g/mol. The maximum atomic E-state index is 12.1. The van der Waals surface area contributed by atoms with Crippen LogP contribution in [-0.4, -0.2) is 27.3 Å². The number of esters is 1. The average Bonchev–Trinajstić information content (AvgIpc) is 2.83. The van der Waals surface area contributed by atoms with Crippen molar-refractivity contribution in [3.8, 4) is 0 Å². The van der Waals surface area contributed by atoms with E-state index in [0.29, 0.717) is 13.0 Å². The fourth-order valence-electron chi connectivity index (χ4n) is 4.59. The van der Waals surface area contributed by atoms with Gasteiger partial charge in [-0.1, -0.05) is 148 Å². The lowest BCUT2D eigenvalue weighted by molar-refractivity contribution is -0.143. The Kier molecular flexibility index (Phi) is 21.8. The molecule has 0 saturated carbocycles. The first-order valence-corrected chi connectivity index (χ1v) is 16.9. The van der Waals surface area contributed by atoms with Crippen LogP contribution in [0.1, 0.15) is 154 Å². The molecular weight excluding hydrogens is 511 g/mol. The normalized spacial score (nSPS) is 11.7. The summed E-state index contributed by atoms with van der Waals surface area (Å²) in [5.41, 5.74) is 3.98. The first-order chi connectivity index (χ1) is 18.3. The zero-order valence-corrected chi connectivity index (χ0v) is 26.6. The number of hydrogen-bond donors (Lipinski definition) is 3. The number of ether oxygens (including phenoxy) is 1. The van der Waals surface area contributed by atoms with Crippen LogP contribution in [0, 0.1) is 6.92 Å². The summed E-state index contributed by atoms with van der Waals surface area (Å²) in [6.45, 7) is 11.7. The van der Waals surface area contributed by atoms with Crippen LogP contribution in [0.5, 0.6) is 0 Å². The second kappa shape index (κ2) is 22.5. The molecule has 0 bridgehead atoms. The summed E-state index contributed by atoms with van der Waals surface area (Å²) < 4.78 is 14.4. The van der Waals surface area contributed by atoms with Crippen molar-refractivity contribution < 1.29 is 28.8 Å². The molecule has 0 saturated heterocycles. The molecule has 0 spiro atoms. The van der Waals surface area contributed by atoms with E-state index in [1.807, 2.05) is 0 Å². The molecule has 0 aliphatic carbocycles. The Bertz CT molecular complexity index is 788. The van der Waals surface area contributed by atoms with Gasteiger partial charge in [-0.05, 0) is 36.3 Å². The number of unbranched alkanes of at least 4 members (excludes halogenated alkanes) is 15. The third kappa shape index (κ3) is 26.8. The number of carbonyl (C=O) groups is 1. The Hall–Kier alpha value is -1.20. The maximum absolute atomic E-state index is 12.1. The summed E-state index contributed by atoms with van der Waals surface area (Å²) in [6, 6.07) is 6.69. The van der Waals surface area contributed by atoms with E-state index in [0.717, 1.165) is 12.8 Å². The summed E-state index contributed by atoms with van der Waals surface area (Å²) >= 11 is 0. The van der Waals surface area contributed by atoms with Crippen molar-refractivity contribution in [3.05, 3.63) is 34.9 Å². The molecule has 1 rings (SSSR count). The van der Waals surface area contributed by atoms with Gasteiger partial charge in [0.2, 0.25) is 0 Å². The molecular formula is C32H59O6P. The van der Waals surface area contributed by atoms with Gasteiger partial charge in [0.1, 0.15) is 0 Å². The molecule has 1 aromatic carbocycles. The van der Waals surface area contributed by atoms with Gasteiger partial charge in [0.05, 0.1) is 6.61 Å². The van der Waals surface area contributed by atoms with Crippen LogP contribution >= 0.6 is 7.82 Å². The maximum Gasteiger partial charge on any atom is 0.466 e. The number of carbonyl (C=O) groups excluding carboxylic acids is 1. The first-order valence-electron chi connectivity index (χ1n) is 15.4. The lowest BCUT2D eigenvalue weighted by Crippen LogP contribution is -2.12. The van der Waals surface area contributed by atoms with Crippen molar-refractivity contribution in [1.29, 1.82) is 0 Å². The highest BCUT2D eigenvalue weighted by Gasteiger charge is 2.15. The molecule has 228 valence electrons. The van der Waals surface area contributed by atoms with E-state index in [9.17, 15) is 4.79 Å². The highest BCUT2D eigenvalue weighted by Crippen LogP contribution is 2.26. The number of benzene rings is 1. The van der Waals surface area contributed by atoms with Crippen molar-refractivity contribution >= 4 is 13.8 Å². The van der Waals surface area contributed by atoms with Crippen molar-refractivity contribution in [2.24, 2.45) is 0 Å². The molecule has 7 heteroatoms. The Labute approximate surface area is 239 Å². The molecule has 0 fully saturated rings. The Balaban J connectivity index is 0.00000263. The van der Waals surface area contributed by atoms with E-state index in [-0.39, 0.29) is 11.4 Å². The van der Waals surface area contributed by atoms with Crippen molar-refractivity contribution in [2.75, 3.05) is 6.61 Å². The molecule has 0 atom stereocenters. The molecule has 39 heavy (non-hydrogen) atoms. The molecule has 6 nitrogen and oxygen atoms in total. The number of hydrogen-bond acceptors (Lipinski definition) is 3. The SMILES string of the molecule is CCCCCCCCCCCCCCCCCCOC(=O)CCc1cc(C)cc(C(C)(C)C)c1.O=P(O)(O)O. The second-order valence-electron chi connectivity index (χ2n) is 12.0. The molecule has 0 heterocycles. The van der Waals surface area contributed by atoms with E-state index in [2.05, 4.69) is 52.8 Å². The van der Waals surface area contributed by atoms with Gasteiger partial charge >= 0.3 is 13.8 Å². The zero-order chi connectivity index (χ0) is 29.6. The topological polar surface area (TPSA) is 104 Å². The van der Waals surface area contributed by atoms with Crippen LogP contribution < -0.4 is 0 Å². The van der Waals surface area contributed by atoms with Gasteiger partial charge in [0.25, 0.3) is 0 Å². The zero-order valence-electron chi connectivity index (χ0n) is 25.7. The lowest BCUT2D eigenvalue weighted by atomic mass is 9.84. The predicted molar refractivity (Wildman–Crippen MR) is 163 cm³/mol. The molecule has 3 N–H and O–H groups in total. The average molecular weight is 571 g/mol. The smallest absolute Gasteiger partial charge is 0.466 e. The quantitative estimate of drug-likeness (QED) is 0.0820. The van der Waals surface area contributed by atoms with Crippen LogP contribution in [0.2, 0.25) is 0 Å². The first kappa shape index (κ1) is 37.8. The van der Waals surface area contributed by atoms with E-state index in [1.54, 1.807) is 0 Å². The van der Waals surface area contributed by atoms with Crippen molar-refractivity contribution in [3.63, 3.8) is 0 Å². The van der Waals surface area contributed by atoms with Gasteiger partial charge in [-0.3, -0.25) is 4.79 Å². The minimum absolute atomic E-state index is 0.0558. The van der Waals surface area contributed by atoms with Crippen LogP contribution in [0.3, 0.4) is 0 Å². The van der Waals surface area contributed by atoms with Crippen LogP contribution in [0.25, 0.3) is 0 Å². The Morgan fingerprint density at radius 3 is 1.56 bits per heavy atom. The van der Waals surface area contributed by atoms with Crippen molar-refractivity contribution in [1.82, 2.24) is 0 Å². The third-order valence-corrected chi connectivity index (χ3v) is 6.88. The molecule has 1 aromatic rings. The van der Waals surface area contributed by atoms with Crippen LogP contribution in [0.4, 0.5) is 0 Å². The molecule has 0 aromatic heterocycles. The predicted octanol–water partition coefficient (Wildman–Crippen LogP) is 9.10. The van der Waals surface area contributed by atoms with Gasteiger partial charge in [0.15, 0.2) is 0 Å². The number of rotatable bonds is 20. The number of phosphoric acid groups is 1. The Morgan fingerprint density at radius 1 is 0.744 bits per heavy atom. The summed E-state index contributed by atoms with van der Waals surface area (Å²) in [5.74, 6) is -0.0558. The fourth-order valence-corrected chi connectivity index (χ4v) is 4.59. The summed E-state index contributed by atoms with van der Waals surface area (Å²) in [6.07, 6.45) is 23.0. The van der Waals surface area contributed by atoms with Crippen LogP contribution in [0.15, 0.2) is 18.2 Å². The fraction of sp³-hybridized carbons (Fsp3) is 0.781. The summed E-state index contributed by atoms with van der Waals surface area (Å²) in [5, 5.41) is 0. The minimum Gasteiger partial charge on any atom is -0.466 e.